The fourth-order valence-electron chi connectivity index (χ4n) is 4.32. The Morgan fingerprint density at radius 3 is 2.48 bits per heavy atom. The van der Waals surface area contributed by atoms with E-state index in [1.807, 2.05) is 13.8 Å². The smallest absolute Gasteiger partial charge is 0.416 e. The van der Waals surface area contributed by atoms with Gasteiger partial charge < -0.3 is 15.0 Å². The van der Waals surface area contributed by atoms with Crippen LogP contribution in [0.2, 0.25) is 0 Å². The predicted molar refractivity (Wildman–Crippen MR) is 103 cm³/mol. The highest BCUT2D eigenvalue weighted by Gasteiger charge is 2.42. The number of halogens is 4. The summed E-state index contributed by atoms with van der Waals surface area (Å²) in [5, 5.41) is 16.9. The number of likely N-dealkylation sites (tertiary alicyclic amines) is 1. The summed E-state index contributed by atoms with van der Waals surface area (Å²) in [7, 11) is 0. The topological polar surface area (TPSA) is 79.0 Å². The highest BCUT2D eigenvalue weighted by atomic mass is 19.4. The Bertz CT molecular complexity index is 985. The summed E-state index contributed by atoms with van der Waals surface area (Å²) in [5.74, 6) is -0.687. The molecule has 2 heterocycles. The number of fused-ring (bicyclic) bond motifs is 2. The Balaban J connectivity index is 1.57. The third-order valence-electron chi connectivity index (χ3n) is 5.82. The highest BCUT2D eigenvalue weighted by Crippen LogP contribution is 2.39. The molecule has 2 atom stereocenters. The standard InChI is InChI=1S/C20H22F4N6O/c1-11(2)30-19(31-16-7-14(20(22,23)24)5-6-15(16)21)27-18(28-30)26-17-12-3-4-13(17)9-29(8-12)10-25/h5-7,11-13,17H,3-4,8-9H2,1-2H3,(H,26,28). The number of ether oxygens (including phenoxy) is 1. The van der Waals surface area contributed by atoms with Crippen LogP contribution < -0.4 is 10.1 Å². The molecule has 166 valence electrons. The summed E-state index contributed by atoms with van der Waals surface area (Å²) in [5.41, 5.74) is -1.02. The largest absolute Gasteiger partial charge is 0.421 e. The number of rotatable bonds is 5. The number of nitrogens with zero attached hydrogens (tertiary/aromatic N) is 5. The molecule has 0 spiro atoms. The van der Waals surface area contributed by atoms with Crippen LogP contribution in [0, 0.1) is 29.1 Å². The minimum Gasteiger partial charge on any atom is -0.421 e. The number of nitriles is 1. The number of piperidine rings is 1. The Morgan fingerprint density at radius 2 is 1.90 bits per heavy atom. The maximum atomic E-state index is 14.1. The van der Waals surface area contributed by atoms with E-state index in [9.17, 15) is 22.8 Å². The number of aromatic nitrogens is 3. The van der Waals surface area contributed by atoms with Gasteiger partial charge in [-0.25, -0.2) is 9.07 Å². The summed E-state index contributed by atoms with van der Waals surface area (Å²) in [6.07, 6.45) is -0.443. The average Bonchev–Trinajstić information content (AvgIpc) is 3.19. The van der Waals surface area contributed by atoms with Crippen molar-refractivity contribution in [3.05, 3.63) is 29.6 Å². The fraction of sp³-hybridized carbons (Fsp3) is 0.550. The minimum atomic E-state index is -4.62. The third-order valence-corrected chi connectivity index (χ3v) is 5.82. The molecule has 0 amide bonds. The van der Waals surface area contributed by atoms with Crippen molar-refractivity contribution in [2.24, 2.45) is 11.8 Å². The van der Waals surface area contributed by atoms with Gasteiger partial charge in [0.1, 0.15) is 0 Å². The van der Waals surface area contributed by atoms with Gasteiger partial charge in [-0.2, -0.15) is 23.4 Å². The summed E-state index contributed by atoms with van der Waals surface area (Å²) < 4.78 is 60.0. The zero-order valence-electron chi connectivity index (χ0n) is 17.0. The van der Waals surface area contributed by atoms with E-state index in [0.717, 1.165) is 12.8 Å². The van der Waals surface area contributed by atoms with Gasteiger partial charge in [-0.3, -0.25) is 0 Å². The number of hydrogen-bond acceptors (Lipinski definition) is 6. The average molecular weight is 438 g/mol. The lowest BCUT2D eigenvalue weighted by Gasteiger charge is -2.35. The molecular weight excluding hydrogens is 416 g/mol. The predicted octanol–water partition coefficient (Wildman–Crippen LogP) is 4.41. The van der Waals surface area contributed by atoms with E-state index in [-0.39, 0.29) is 35.9 Å². The zero-order chi connectivity index (χ0) is 22.3. The van der Waals surface area contributed by atoms with E-state index in [1.165, 1.54) is 4.68 Å². The monoisotopic (exact) mass is 438 g/mol. The van der Waals surface area contributed by atoms with Crippen molar-refractivity contribution in [1.29, 1.82) is 5.26 Å². The van der Waals surface area contributed by atoms with Crippen LogP contribution >= 0.6 is 0 Å². The summed E-state index contributed by atoms with van der Waals surface area (Å²) in [6.45, 7) is 4.94. The maximum absolute atomic E-state index is 14.1. The van der Waals surface area contributed by atoms with Crippen LogP contribution in [0.15, 0.2) is 18.2 Å². The van der Waals surface area contributed by atoms with Gasteiger partial charge in [0.05, 0.1) is 11.6 Å². The Kier molecular flexibility index (Phi) is 5.41. The molecule has 11 heteroatoms. The molecule has 4 rings (SSSR count). The van der Waals surface area contributed by atoms with E-state index < -0.39 is 23.3 Å². The van der Waals surface area contributed by atoms with Crippen molar-refractivity contribution in [1.82, 2.24) is 19.7 Å². The third kappa shape index (κ3) is 4.24. The molecule has 1 N–H and O–H groups in total. The summed E-state index contributed by atoms with van der Waals surface area (Å²) >= 11 is 0. The van der Waals surface area contributed by atoms with Gasteiger partial charge in [0.25, 0.3) is 0 Å². The molecule has 1 aliphatic carbocycles. The Hall–Kier alpha value is -3.03. The van der Waals surface area contributed by atoms with Crippen LogP contribution in [0.3, 0.4) is 0 Å². The second-order valence-corrected chi connectivity index (χ2v) is 8.27. The Morgan fingerprint density at radius 1 is 1.23 bits per heavy atom. The SMILES string of the molecule is CC(C)n1nc(NC2C3CCC2CN(C#N)C3)nc1Oc1cc(C(F)(F)F)ccc1F. The molecule has 2 aromatic rings. The van der Waals surface area contributed by atoms with E-state index in [0.29, 0.717) is 31.3 Å². The van der Waals surface area contributed by atoms with Crippen LogP contribution in [-0.4, -0.2) is 38.8 Å². The molecule has 1 saturated carbocycles. The number of anilines is 1. The molecule has 2 bridgehead atoms. The highest BCUT2D eigenvalue weighted by molar-refractivity contribution is 5.35. The molecule has 1 aliphatic heterocycles. The lowest BCUT2D eigenvalue weighted by atomic mass is 9.92. The van der Waals surface area contributed by atoms with Crippen LogP contribution in [0.1, 0.15) is 38.3 Å². The summed E-state index contributed by atoms with van der Waals surface area (Å²) in [6, 6.07) is 1.76. The van der Waals surface area contributed by atoms with Gasteiger partial charge in [0.15, 0.2) is 17.8 Å². The van der Waals surface area contributed by atoms with Crippen LogP contribution in [-0.2, 0) is 6.18 Å². The Labute approximate surface area is 176 Å². The van der Waals surface area contributed by atoms with E-state index >= 15 is 0 Å². The van der Waals surface area contributed by atoms with Crippen LogP contribution in [0.4, 0.5) is 23.5 Å². The van der Waals surface area contributed by atoms with Gasteiger partial charge in [0.2, 0.25) is 5.95 Å². The first kappa shape index (κ1) is 21.2. The van der Waals surface area contributed by atoms with Gasteiger partial charge in [-0.05, 0) is 56.7 Å². The lowest BCUT2D eigenvalue weighted by Crippen LogP contribution is -2.46. The second-order valence-electron chi connectivity index (χ2n) is 8.27. The maximum Gasteiger partial charge on any atom is 0.416 e. The van der Waals surface area contributed by atoms with Crippen molar-refractivity contribution >= 4 is 5.95 Å². The first-order valence-electron chi connectivity index (χ1n) is 10.1. The van der Waals surface area contributed by atoms with Crippen molar-refractivity contribution in [3.63, 3.8) is 0 Å². The normalized spacial score (nSPS) is 23.2. The number of nitrogens with one attached hydrogen (secondary N) is 1. The molecule has 7 nitrogen and oxygen atoms in total. The van der Waals surface area contributed by atoms with Gasteiger partial charge >= 0.3 is 12.2 Å². The number of benzene rings is 1. The molecule has 0 radical (unpaired) electrons. The molecule has 31 heavy (non-hydrogen) atoms. The van der Waals surface area contributed by atoms with Crippen molar-refractivity contribution < 1.29 is 22.3 Å². The minimum absolute atomic E-state index is 0.0887. The first-order valence-corrected chi connectivity index (χ1v) is 10.1. The first-order chi connectivity index (χ1) is 14.7. The van der Waals surface area contributed by atoms with Gasteiger partial charge in [-0.1, -0.05) is 0 Å². The molecular formula is C20H22F4N6O. The lowest BCUT2D eigenvalue weighted by molar-refractivity contribution is -0.137. The molecule has 1 saturated heterocycles. The van der Waals surface area contributed by atoms with Crippen LogP contribution in [0.5, 0.6) is 11.8 Å². The van der Waals surface area contributed by atoms with E-state index in [4.69, 9.17) is 4.74 Å². The zero-order valence-corrected chi connectivity index (χ0v) is 17.0. The second kappa shape index (κ2) is 7.90. The van der Waals surface area contributed by atoms with Crippen molar-refractivity contribution in [3.8, 4) is 18.0 Å². The molecule has 1 aromatic heterocycles. The number of alkyl halides is 3. The molecule has 2 fully saturated rings. The molecule has 2 aliphatic rings. The van der Waals surface area contributed by atoms with Crippen molar-refractivity contribution in [2.45, 2.75) is 44.9 Å². The fourth-order valence-corrected chi connectivity index (χ4v) is 4.32. The van der Waals surface area contributed by atoms with E-state index in [2.05, 4.69) is 21.6 Å². The van der Waals surface area contributed by atoms with Crippen LogP contribution in [0.25, 0.3) is 0 Å². The van der Waals surface area contributed by atoms with Gasteiger partial charge in [0, 0.05) is 19.1 Å². The molecule has 2 unspecified atom stereocenters. The van der Waals surface area contributed by atoms with Gasteiger partial charge in [-0.15, -0.1) is 5.10 Å². The van der Waals surface area contributed by atoms with Crippen molar-refractivity contribution in [2.75, 3.05) is 18.4 Å². The summed E-state index contributed by atoms with van der Waals surface area (Å²) in [4.78, 5) is 6.04. The molecule has 1 aromatic carbocycles. The van der Waals surface area contributed by atoms with E-state index in [1.54, 1.807) is 4.90 Å². The quantitative estimate of drug-likeness (QED) is 0.550. The number of hydrogen-bond donors (Lipinski definition) is 1.